The topological polar surface area (TPSA) is 85.0 Å². The standard InChI is InChI=1S/C18H21N5O2/c1-12-4-9-17(25-12)13(2)21-14(3)18(24)22-15-5-7-16(8-6-15)23-11-19-10-20-23/h4-11,13-14,21H,1-3H3,(H,22,24)/t13-,14+/m0/s1. The van der Waals surface area contributed by atoms with Crippen molar-refractivity contribution >= 4 is 11.6 Å². The molecule has 3 rings (SSSR count). The van der Waals surface area contributed by atoms with Gasteiger partial charge in [0.2, 0.25) is 5.91 Å². The summed E-state index contributed by atoms with van der Waals surface area (Å²) in [7, 11) is 0. The lowest BCUT2D eigenvalue weighted by atomic mass is 10.2. The van der Waals surface area contributed by atoms with Crippen molar-refractivity contribution < 1.29 is 9.21 Å². The van der Waals surface area contributed by atoms with Crippen molar-refractivity contribution in [2.45, 2.75) is 32.9 Å². The molecule has 2 aromatic heterocycles. The smallest absolute Gasteiger partial charge is 0.241 e. The molecule has 3 aromatic rings. The monoisotopic (exact) mass is 339 g/mol. The lowest BCUT2D eigenvalue weighted by Gasteiger charge is -2.18. The molecule has 7 heteroatoms. The van der Waals surface area contributed by atoms with Crippen LogP contribution in [0.4, 0.5) is 5.69 Å². The predicted molar refractivity (Wildman–Crippen MR) is 94.4 cm³/mol. The number of anilines is 1. The second kappa shape index (κ2) is 7.31. The highest BCUT2D eigenvalue weighted by Crippen LogP contribution is 2.17. The van der Waals surface area contributed by atoms with Gasteiger partial charge in [-0.2, -0.15) is 5.10 Å². The molecule has 2 atom stereocenters. The Balaban J connectivity index is 1.57. The maximum Gasteiger partial charge on any atom is 0.241 e. The average molecular weight is 339 g/mol. The van der Waals surface area contributed by atoms with Crippen LogP contribution in [0.15, 0.2) is 53.5 Å². The van der Waals surface area contributed by atoms with Crippen molar-refractivity contribution in [3.8, 4) is 5.69 Å². The lowest BCUT2D eigenvalue weighted by molar-refractivity contribution is -0.118. The molecule has 0 aliphatic rings. The Labute approximate surface area is 146 Å². The van der Waals surface area contributed by atoms with Crippen LogP contribution in [0.5, 0.6) is 0 Å². The highest BCUT2D eigenvalue weighted by Gasteiger charge is 2.18. The Morgan fingerprint density at radius 1 is 1.16 bits per heavy atom. The molecule has 0 radical (unpaired) electrons. The van der Waals surface area contributed by atoms with Gasteiger partial charge >= 0.3 is 0 Å². The third-order valence-electron chi connectivity index (χ3n) is 3.90. The lowest BCUT2D eigenvalue weighted by Crippen LogP contribution is -2.39. The van der Waals surface area contributed by atoms with Gasteiger partial charge in [0.15, 0.2) is 0 Å². The van der Waals surface area contributed by atoms with Crippen LogP contribution in [0, 0.1) is 6.92 Å². The summed E-state index contributed by atoms with van der Waals surface area (Å²) in [5.41, 5.74) is 1.60. The average Bonchev–Trinajstić information content (AvgIpc) is 3.27. The molecule has 2 N–H and O–H groups in total. The summed E-state index contributed by atoms with van der Waals surface area (Å²) >= 11 is 0. The van der Waals surface area contributed by atoms with Crippen LogP contribution in [-0.2, 0) is 4.79 Å². The molecule has 130 valence electrons. The highest BCUT2D eigenvalue weighted by molar-refractivity contribution is 5.94. The molecular formula is C18H21N5O2. The third-order valence-corrected chi connectivity index (χ3v) is 3.90. The largest absolute Gasteiger partial charge is 0.465 e. The van der Waals surface area contributed by atoms with Gasteiger partial charge in [0.05, 0.1) is 17.8 Å². The Kier molecular flexibility index (Phi) is 4.95. The van der Waals surface area contributed by atoms with E-state index in [1.54, 1.807) is 11.0 Å². The summed E-state index contributed by atoms with van der Waals surface area (Å²) in [4.78, 5) is 16.3. The van der Waals surface area contributed by atoms with E-state index in [0.717, 1.165) is 22.9 Å². The maximum atomic E-state index is 12.4. The van der Waals surface area contributed by atoms with E-state index in [0.29, 0.717) is 0 Å². The zero-order valence-electron chi connectivity index (χ0n) is 14.4. The number of furan rings is 1. The van der Waals surface area contributed by atoms with Gasteiger partial charge < -0.3 is 9.73 Å². The fraction of sp³-hybridized carbons (Fsp3) is 0.278. The molecule has 25 heavy (non-hydrogen) atoms. The molecule has 2 heterocycles. The number of amides is 1. The van der Waals surface area contributed by atoms with Gasteiger partial charge in [-0.05, 0) is 57.2 Å². The van der Waals surface area contributed by atoms with Gasteiger partial charge in [-0.1, -0.05) is 0 Å². The summed E-state index contributed by atoms with van der Waals surface area (Å²) in [6, 6.07) is 10.8. The Morgan fingerprint density at radius 2 is 1.92 bits per heavy atom. The molecule has 0 unspecified atom stereocenters. The van der Waals surface area contributed by atoms with Crippen molar-refractivity contribution in [1.82, 2.24) is 20.1 Å². The number of hydrogen-bond acceptors (Lipinski definition) is 5. The van der Waals surface area contributed by atoms with Gasteiger partial charge in [-0.3, -0.25) is 10.1 Å². The normalized spacial score (nSPS) is 13.4. The number of carbonyl (C=O) groups excluding carboxylic acids is 1. The quantitative estimate of drug-likeness (QED) is 0.721. The van der Waals surface area contributed by atoms with Crippen LogP contribution < -0.4 is 10.6 Å². The van der Waals surface area contributed by atoms with Gasteiger partial charge in [-0.25, -0.2) is 9.67 Å². The maximum absolute atomic E-state index is 12.4. The zero-order valence-corrected chi connectivity index (χ0v) is 14.4. The van der Waals surface area contributed by atoms with E-state index < -0.39 is 0 Å². The first-order valence-electron chi connectivity index (χ1n) is 8.11. The van der Waals surface area contributed by atoms with Crippen LogP contribution in [0.2, 0.25) is 0 Å². The Morgan fingerprint density at radius 3 is 2.52 bits per heavy atom. The van der Waals surface area contributed by atoms with Crippen LogP contribution >= 0.6 is 0 Å². The minimum atomic E-state index is -0.365. The van der Waals surface area contributed by atoms with Crippen molar-refractivity contribution in [2.24, 2.45) is 0 Å². The Bertz CT molecular complexity index is 824. The Hall–Kier alpha value is -2.93. The SMILES string of the molecule is Cc1ccc([C@H](C)N[C@H](C)C(=O)Nc2ccc(-n3cncn3)cc2)o1. The second-order valence-electron chi connectivity index (χ2n) is 5.93. The van der Waals surface area contributed by atoms with Crippen molar-refractivity contribution in [3.63, 3.8) is 0 Å². The highest BCUT2D eigenvalue weighted by atomic mass is 16.3. The minimum Gasteiger partial charge on any atom is -0.465 e. The molecule has 7 nitrogen and oxygen atoms in total. The molecule has 0 spiro atoms. The minimum absolute atomic E-state index is 0.0517. The third kappa shape index (κ3) is 4.13. The van der Waals surface area contributed by atoms with Crippen LogP contribution in [-0.4, -0.2) is 26.7 Å². The van der Waals surface area contributed by atoms with E-state index in [1.807, 2.05) is 57.2 Å². The van der Waals surface area contributed by atoms with Crippen LogP contribution in [0.1, 0.15) is 31.4 Å². The van der Waals surface area contributed by atoms with Crippen LogP contribution in [0.25, 0.3) is 5.69 Å². The van der Waals surface area contributed by atoms with Crippen LogP contribution in [0.3, 0.4) is 0 Å². The summed E-state index contributed by atoms with van der Waals surface area (Å²) in [6.45, 7) is 5.69. The molecular weight excluding hydrogens is 318 g/mol. The molecule has 0 saturated carbocycles. The first-order valence-corrected chi connectivity index (χ1v) is 8.11. The number of carbonyl (C=O) groups is 1. The van der Waals surface area contributed by atoms with E-state index in [9.17, 15) is 4.79 Å². The number of hydrogen-bond donors (Lipinski definition) is 2. The number of rotatable bonds is 6. The fourth-order valence-electron chi connectivity index (χ4n) is 2.51. The molecule has 0 saturated heterocycles. The molecule has 0 bridgehead atoms. The number of aryl methyl sites for hydroxylation is 1. The summed E-state index contributed by atoms with van der Waals surface area (Å²) in [6.07, 6.45) is 3.10. The van der Waals surface area contributed by atoms with Gasteiger partial charge in [0.25, 0.3) is 0 Å². The number of benzene rings is 1. The molecule has 1 amide bonds. The van der Waals surface area contributed by atoms with Crippen molar-refractivity contribution in [3.05, 3.63) is 60.6 Å². The number of aromatic nitrogens is 3. The molecule has 1 aromatic carbocycles. The summed E-state index contributed by atoms with van der Waals surface area (Å²) in [5, 5.41) is 10.2. The number of nitrogens with one attached hydrogen (secondary N) is 2. The number of nitrogens with zero attached hydrogens (tertiary/aromatic N) is 3. The van der Waals surface area contributed by atoms with Crippen molar-refractivity contribution in [2.75, 3.05) is 5.32 Å². The molecule has 0 fully saturated rings. The summed E-state index contributed by atoms with van der Waals surface area (Å²) < 4.78 is 7.24. The second-order valence-corrected chi connectivity index (χ2v) is 5.93. The first kappa shape index (κ1) is 16.9. The summed E-state index contributed by atoms with van der Waals surface area (Å²) in [5.74, 6) is 1.56. The van der Waals surface area contributed by atoms with E-state index in [2.05, 4.69) is 20.7 Å². The molecule has 0 aliphatic carbocycles. The zero-order chi connectivity index (χ0) is 17.8. The van der Waals surface area contributed by atoms with Gasteiger partial charge in [0, 0.05) is 5.69 Å². The van der Waals surface area contributed by atoms with Crippen molar-refractivity contribution in [1.29, 1.82) is 0 Å². The van der Waals surface area contributed by atoms with E-state index in [-0.39, 0.29) is 18.0 Å². The first-order chi connectivity index (χ1) is 12.0. The predicted octanol–water partition coefficient (Wildman–Crippen LogP) is 2.85. The van der Waals surface area contributed by atoms with E-state index in [1.165, 1.54) is 6.33 Å². The molecule has 0 aliphatic heterocycles. The van der Waals surface area contributed by atoms with E-state index >= 15 is 0 Å². The van der Waals surface area contributed by atoms with Gasteiger partial charge in [0.1, 0.15) is 24.2 Å². The fourth-order valence-corrected chi connectivity index (χ4v) is 2.51. The van der Waals surface area contributed by atoms with Gasteiger partial charge in [-0.15, -0.1) is 0 Å². The van der Waals surface area contributed by atoms with E-state index in [4.69, 9.17) is 4.42 Å².